The highest BCUT2D eigenvalue weighted by Crippen LogP contribution is 2.22. The largest absolute Gasteiger partial charge is 0.315 e. The average molecular weight is 297 g/mol. The molecule has 1 aromatic carbocycles. The normalized spacial score (nSPS) is 10.6. The Labute approximate surface area is 108 Å². The first-order chi connectivity index (χ1) is 7.79. The molecule has 16 heavy (non-hydrogen) atoms. The van der Waals surface area contributed by atoms with Crippen LogP contribution >= 0.6 is 27.3 Å². The Kier molecular flexibility index (Phi) is 4.09. The average Bonchev–Trinajstić information content (AvgIpc) is 2.70. The lowest BCUT2D eigenvalue weighted by molar-refractivity contribution is 0.829. The Morgan fingerprint density at radius 3 is 2.94 bits per heavy atom. The van der Waals surface area contributed by atoms with Gasteiger partial charge in [0.25, 0.3) is 0 Å². The van der Waals surface area contributed by atoms with E-state index in [9.17, 15) is 0 Å². The van der Waals surface area contributed by atoms with Gasteiger partial charge in [0.15, 0.2) is 0 Å². The lowest BCUT2D eigenvalue weighted by Crippen LogP contribution is -2.02. The van der Waals surface area contributed by atoms with E-state index >= 15 is 0 Å². The van der Waals surface area contributed by atoms with Crippen LogP contribution in [-0.4, -0.2) is 12.0 Å². The van der Waals surface area contributed by atoms with Crippen molar-refractivity contribution in [1.29, 1.82) is 0 Å². The Morgan fingerprint density at radius 1 is 1.38 bits per heavy atom. The first-order valence-corrected chi connectivity index (χ1v) is 6.72. The summed E-state index contributed by atoms with van der Waals surface area (Å²) < 4.78 is 1.15. The predicted octanol–water partition coefficient (Wildman–Crippen LogP) is 3.22. The molecule has 0 radical (unpaired) electrons. The molecule has 0 amide bonds. The van der Waals surface area contributed by atoms with E-state index in [2.05, 4.69) is 44.4 Å². The molecule has 0 saturated heterocycles. The van der Waals surface area contributed by atoms with Crippen LogP contribution < -0.4 is 5.32 Å². The van der Waals surface area contributed by atoms with Crippen molar-refractivity contribution >= 4 is 27.3 Å². The first-order valence-electron chi connectivity index (χ1n) is 5.11. The predicted molar refractivity (Wildman–Crippen MR) is 71.8 cm³/mol. The monoisotopic (exact) mass is 296 g/mol. The molecule has 2 aromatic rings. The van der Waals surface area contributed by atoms with E-state index in [-0.39, 0.29) is 0 Å². The molecule has 0 aliphatic rings. The van der Waals surface area contributed by atoms with E-state index < -0.39 is 0 Å². The molecule has 2 rings (SSSR count). The number of aromatic nitrogens is 1. The molecule has 2 nitrogen and oxygen atoms in total. The molecule has 0 aliphatic carbocycles. The van der Waals surface area contributed by atoms with Gasteiger partial charge in [-0.2, -0.15) is 0 Å². The second kappa shape index (κ2) is 5.57. The highest BCUT2D eigenvalue weighted by Gasteiger charge is 2.04. The van der Waals surface area contributed by atoms with Gasteiger partial charge in [-0.3, -0.25) is 0 Å². The highest BCUT2D eigenvalue weighted by atomic mass is 79.9. The Bertz CT molecular complexity index is 468. The summed E-state index contributed by atoms with van der Waals surface area (Å²) in [6, 6.07) is 8.28. The smallest absolute Gasteiger partial charge is 0.0972 e. The summed E-state index contributed by atoms with van der Waals surface area (Å²) in [6.07, 6.45) is 2.85. The van der Waals surface area contributed by atoms with Gasteiger partial charge < -0.3 is 5.32 Å². The van der Waals surface area contributed by atoms with Crippen LogP contribution in [0.5, 0.6) is 0 Å². The molecule has 0 saturated carbocycles. The van der Waals surface area contributed by atoms with Crippen molar-refractivity contribution in [1.82, 2.24) is 10.3 Å². The van der Waals surface area contributed by atoms with E-state index in [1.165, 1.54) is 10.4 Å². The lowest BCUT2D eigenvalue weighted by Gasteiger charge is -2.00. The molecule has 84 valence electrons. The van der Waals surface area contributed by atoms with Gasteiger partial charge in [-0.05, 0) is 18.7 Å². The quantitative estimate of drug-likeness (QED) is 0.937. The summed E-state index contributed by atoms with van der Waals surface area (Å²) in [7, 11) is 1.95. The van der Waals surface area contributed by atoms with Crippen molar-refractivity contribution in [3.8, 4) is 0 Å². The maximum atomic E-state index is 4.43. The van der Waals surface area contributed by atoms with Crippen LogP contribution in [-0.2, 0) is 13.0 Å². The van der Waals surface area contributed by atoms with Gasteiger partial charge in [-0.1, -0.05) is 34.1 Å². The van der Waals surface area contributed by atoms with Crippen molar-refractivity contribution in [2.75, 3.05) is 7.05 Å². The van der Waals surface area contributed by atoms with Gasteiger partial charge in [0, 0.05) is 28.5 Å². The third-order valence-corrected chi connectivity index (χ3v) is 4.02. The van der Waals surface area contributed by atoms with E-state index in [0.29, 0.717) is 0 Å². The molecule has 1 N–H and O–H groups in total. The minimum absolute atomic E-state index is 0.896. The maximum absolute atomic E-state index is 4.43. The fraction of sp³-hybridized carbons (Fsp3) is 0.250. The van der Waals surface area contributed by atoms with Crippen LogP contribution in [0.3, 0.4) is 0 Å². The van der Waals surface area contributed by atoms with Crippen LogP contribution in [0.15, 0.2) is 34.9 Å². The topological polar surface area (TPSA) is 24.9 Å². The van der Waals surface area contributed by atoms with Crippen LogP contribution in [0.25, 0.3) is 0 Å². The lowest BCUT2D eigenvalue weighted by atomic mass is 10.2. The molecule has 0 fully saturated rings. The fourth-order valence-electron chi connectivity index (χ4n) is 1.49. The summed E-state index contributed by atoms with van der Waals surface area (Å²) in [4.78, 5) is 5.71. The van der Waals surface area contributed by atoms with Crippen LogP contribution in [0, 0.1) is 0 Å². The SMILES string of the molecule is CNCc1cnc(Cc2ccccc2Br)s1. The molecule has 1 heterocycles. The van der Waals surface area contributed by atoms with Gasteiger partial charge in [-0.15, -0.1) is 11.3 Å². The molecule has 0 spiro atoms. The summed E-state index contributed by atoms with van der Waals surface area (Å²) in [5.41, 5.74) is 1.29. The highest BCUT2D eigenvalue weighted by molar-refractivity contribution is 9.10. The zero-order valence-electron chi connectivity index (χ0n) is 9.03. The number of halogens is 1. The number of hydrogen-bond donors (Lipinski definition) is 1. The van der Waals surface area contributed by atoms with Crippen LogP contribution in [0.4, 0.5) is 0 Å². The molecule has 4 heteroatoms. The van der Waals surface area contributed by atoms with Crippen molar-refractivity contribution in [2.24, 2.45) is 0 Å². The zero-order valence-corrected chi connectivity index (χ0v) is 11.4. The number of nitrogens with one attached hydrogen (secondary N) is 1. The Balaban J connectivity index is 2.11. The third-order valence-electron chi connectivity index (χ3n) is 2.25. The molecular formula is C12H13BrN2S. The fourth-order valence-corrected chi connectivity index (χ4v) is 2.87. The molecule has 0 aliphatic heterocycles. The summed E-state index contributed by atoms with van der Waals surface area (Å²) in [5.74, 6) is 0. The minimum Gasteiger partial charge on any atom is -0.315 e. The van der Waals surface area contributed by atoms with Crippen molar-refractivity contribution < 1.29 is 0 Å². The van der Waals surface area contributed by atoms with Crippen molar-refractivity contribution in [3.05, 3.63) is 50.4 Å². The van der Waals surface area contributed by atoms with Crippen LogP contribution in [0.1, 0.15) is 15.4 Å². The molecular weight excluding hydrogens is 284 g/mol. The van der Waals surface area contributed by atoms with Gasteiger partial charge in [0.2, 0.25) is 0 Å². The molecule has 0 bridgehead atoms. The van der Waals surface area contributed by atoms with Crippen LogP contribution in [0.2, 0.25) is 0 Å². The van der Waals surface area contributed by atoms with E-state index in [4.69, 9.17) is 0 Å². The van der Waals surface area contributed by atoms with Gasteiger partial charge >= 0.3 is 0 Å². The van der Waals surface area contributed by atoms with Gasteiger partial charge in [0.1, 0.15) is 0 Å². The molecule has 1 aromatic heterocycles. The molecule has 0 unspecified atom stereocenters. The third kappa shape index (κ3) is 2.90. The van der Waals surface area contributed by atoms with Gasteiger partial charge in [-0.25, -0.2) is 4.98 Å². The number of nitrogens with zero attached hydrogens (tertiary/aromatic N) is 1. The van der Waals surface area contributed by atoms with E-state index in [0.717, 1.165) is 22.4 Å². The number of thiazole rings is 1. The van der Waals surface area contributed by atoms with Crippen molar-refractivity contribution in [3.63, 3.8) is 0 Å². The van der Waals surface area contributed by atoms with Crippen molar-refractivity contribution in [2.45, 2.75) is 13.0 Å². The Hall–Kier alpha value is -0.710. The first kappa shape index (κ1) is 11.8. The van der Waals surface area contributed by atoms with Gasteiger partial charge in [0.05, 0.1) is 5.01 Å². The number of benzene rings is 1. The summed E-state index contributed by atoms with van der Waals surface area (Å²) in [6.45, 7) is 0.896. The van der Waals surface area contributed by atoms with E-state index in [1.807, 2.05) is 19.3 Å². The standard InChI is InChI=1S/C12H13BrN2S/c1-14-7-10-8-15-12(16-10)6-9-4-2-3-5-11(9)13/h2-5,8,14H,6-7H2,1H3. The summed E-state index contributed by atoms with van der Waals surface area (Å²) in [5, 5.41) is 4.30. The number of rotatable bonds is 4. The Morgan fingerprint density at radius 2 is 2.19 bits per heavy atom. The maximum Gasteiger partial charge on any atom is 0.0972 e. The number of hydrogen-bond acceptors (Lipinski definition) is 3. The zero-order chi connectivity index (χ0) is 11.4. The molecule has 0 atom stereocenters. The second-order valence-electron chi connectivity index (χ2n) is 3.52. The minimum atomic E-state index is 0.896. The van der Waals surface area contributed by atoms with E-state index in [1.54, 1.807) is 11.3 Å². The second-order valence-corrected chi connectivity index (χ2v) is 5.57. The summed E-state index contributed by atoms with van der Waals surface area (Å²) >= 11 is 5.32.